The van der Waals surface area contributed by atoms with Crippen molar-refractivity contribution in [3.8, 4) is 11.3 Å². The molecule has 3 aromatic heterocycles. The van der Waals surface area contributed by atoms with E-state index in [1.165, 1.54) is 17.7 Å². The number of hydrogen-bond acceptors (Lipinski definition) is 6. The van der Waals surface area contributed by atoms with E-state index in [4.69, 9.17) is 4.74 Å². The number of rotatable bonds is 8. The summed E-state index contributed by atoms with van der Waals surface area (Å²) < 4.78 is 33.5. The molecule has 4 aromatic rings. The van der Waals surface area contributed by atoms with Crippen molar-refractivity contribution in [1.29, 1.82) is 0 Å². The molecule has 8 nitrogen and oxygen atoms in total. The van der Waals surface area contributed by atoms with E-state index in [1.54, 1.807) is 24.7 Å². The normalized spacial score (nSPS) is 11.2. The second-order valence-electron chi connectivity index (χ2n) is 6.83. The van der Waals surface area contributed by atoms with Crippen LogP contribution in [0.2, 0.25) is 0 Å². The Kier molecular flexibility index (Phi) is 5.99. The fourth-order valence-electron chi connectivity index (χ4n) is 3.18. The molecule has 4 rings (SSSR count). The predicted molar refractivity (Wildman–Crippen MR) is 112 cm³/mol. The van der Waals surface area contributed by atoms with Crippen LogP contribution in [0.5, 0.6) is 0 Å². The standard InChI is InChI=1S/C21H20F2N6O2/c1-31-9-8-29-20-18(5-4-17(28-20)13-2-3-15(22)16(23)10-13)27-19(21(29)30)25-7-6-14-11-24-12-26-14/h2-5,10-12H,6-9H2,1H3,(H,24,26)(H,25,27). The average molecular weight is 426 g/mol. The Morgan fingerprint density at radius 1 is 1.16 bits per heavy atom. The summed E-state index contributed by atoms with van der Waals surface area (Å²) in [4.78, 5) is 28.9. The highest BCUT2D eigenvalue weighted by Crippen LogP contribution is 2.22. The summed E-state index contributed by atoms with van der Waals surface area (Å²) in [6.45, 7) is 1.04. The van der Waals surface area contributed by atoms with Crippen LogP contribution in [0.1, 0.15) is 5.69 Å². The third-order valence-electron chi connectivity index (χ3n) is 4.77. The van der Waals surface area contributed by atoms with Crippen LogP contribution in [-0.4, -0.2) is 44.8 Å². The number of nitrogens with zero attached hydrogens (tertiary/aromatic N) is 4. The fourth-order valence-corrected chi connectivity index (χ4v) is 3.18. The van der Waals surface area contributed by atoms with Crippen molar-refractivity contribution in [2.75, 3.05) is 25.6 Å². The van der Waals surface area contributed by atoms with Crippen LogP contribution in [0.4, 0.5) is 14.6 Å². The van der Waals surface area contributed by atoms with Gasteiger partial charge in [-0.15, -0.1) is 0 Å². The van der Waals surface area contributed by atoms with Crippen molar-refractivity contribution in [2.45, 2.75) is 13.0 Å². The van der Waals surface area contributed by atoms with Gasteiger partial charge in [0.15, 0.2) is 23.1 Å². The number of hydrogen-bond donors (Lipinski definition) is 2. The van der Waals surface area contributed by atoms with Crippen LogP contribution in [0, 0.1) is 11.6 Å². The van der Waals surface area contributed by atoms with Gasteiger partial charge < -0.3 is 15.0 Å². The van der Waals surface area contributed by atoms with Gasteiger partial charge in [-0.3, -0.25) is 9.36 Å². The van der Waals surface area contributed by atoms with Gasteiger partial charge in [0.05, 0.1) is 25.2 Å². The SMILES string of the molecule is COCCn1c(=O)c(NCCc2cnc[nH]2)nc2ccc(-c3ccc(F)c(F)c3)nc21. The number of pyridine rings is 1. The van der Waals surface area contributed by atoms with E-state index in [0.717, 1.165) is 17.8 Å². The summed E-state index contributed by atoms with van der Waals surface area (Å²) in [7, 11) is 1.54. The number of fused-ring (bicyclic) bond motifs is 1. The van der Waals surface area contributed by atoms with Crippen molar-refractivity contribution in [3.05, 3.63) is 70.5 Å². The maximum Gasteiger partial charge on any atom is 0.295 e. The molecule has 0 bridgehead atoms. The number of halogens is 2. The molecule has 0 saturated heterocycles. The Labute approximate surface area is 176 Å². The Morgan fingerprint density at radius 2 is 2.03 bits per heavy atom. The number of methoxy groups -OCH3 is 1. The Morgan fingerprint density at radius 3 is 2.77 bits per heavy atom. The molecule has 3 heterocycles. The summed E-state index contributed by atoms with van der Waals surface area (Å²) in [5, 5.41) is 3.07. The number of H-pyrrole nitrogens is 1. The molecule has 0 amide bonds. The smallest absolute Gasteiger partial charge is 0.295 e. The third kappa shape index (κ3) is 4.43. The molecule has 0 unspecified atom stereocenters. The molecule has 0 aliphatic heterocycles. The molecule has 160 valence electrons. The van der Waals surface area contributed by atoms with E-state index in [2.05, 4.69) is 25.3 Å². The molecular weight excluding hydrogens is 406 g/mol. The second-order valence-corrected chi connectivity index (χ2v) is 6.83. The van der Waals surface area contributed by atoms with Crippen LogP contribution in [-0.2, 0) is 17.7 Å². The minimum Gasteiger partial charge on any atom is -0.383 e. The quantitative estimate of drug-likeness (QED) is 0.450. The minimum atomic E-state index is -0.967. The molecule has 0 saturated carbocycles. The molecule has 0 radical (unpaired) electrons. The Bertz CT molecular complexity index is 1260. The van der Waals surface area contributed by atoms with Crippen molar-refractivity contribution < 1.29 is 13.5 Å². The lowest BCUT2D eigenvalue weighted by Crippen LogP contribution is -2.28. The summed E-state index contributed by atoms with van der Waals surface area (Å²) in [5.74, 6) is -1.70. The lowest BCUT2D eigenvalue weighted by molar-refractivity contribution is 0.187. The molecule has 0 aliphatic carbocycles. The van der Waals surface area contributed by atoms with Crippen LogP contribution in [0.15, 0.2) is 47.7 Å². The van der Waals surface area contributed by atoms with Gasteiger partial charge in [0, 0.05) is 37.5 Å². The van der Waals surface area contributed by atoms with E-state index in [-0.39, 0.29) is 17.9 Å². The zero-order valence-electron chi connectivity index (χ0n) is 16.7. The number of benzene rings is 1. The largest absolute Gasteiger partial charge is 0.383 e. The van der Waals surface area contributed by atoms with Gasteiger partial charge in [0.2, 0.25) is 0 Å². The van der Waals surface area contributed by atoms with Crippen LogP contribution in [0.3, 0.4) is 0 Å². The van der Waals surface area contributed by atoms with Crippen LogP contribution in [0.25, 0.3) is 22.4 Å². The topological polar surface area (TPSA) is 97.7 Å². The van der Waals surface area contributed by atoms with E-state index in [9.17, 15) is 13.6 Å². The van der Waals surface area contributed by atoms with Gasteiger partial charge in [-0.2, -0.15) is 0 Å². The maximum absolute atomic E-state index is 13.7. The lowest BCUT2D eigenvalue weighted by atomic mass is 10.1. The summed E-state index contributed by atoms with van der Waals surface area (Å²) in [6, 6.07) is 6.89. The van der Waals surface area contributed by atoms with Gasteiger partial charge in [-0.1, -0.05) is 0 Å². The van der Waals surface area contributed by atoms with E-state index >= 15 is 0 Å². The molecule has 0 aliphatic rings. The number of aromatic amines is 1. The van der Waals surface area contributed by atoms with Gasteiger partial charge in [-0.25, -0.2) is 23.7 Å². The molecule has 0 atom stereocenters. The van der Waals surface area contributed by atoms with Gasteiger partial charge in [0.25, 0.3) is 5.56 Å². The first-order valence-electron chi connectivity index (χ1n) is 9.64. The Balaban J connectivity index is 1.71. The van der Waals surface area contributed by atoms with E-state index in [1.807, 2.05) is 0 Å². The monoisotopic (exact) mass is 426 g/mol. The van der Waals surface area contributed by atoms with Crippen molar-refractivity contribution in [3.63, 3.8) is 0 Å². The van der Waals surface area contributed by atoms with Crippen LogP contribution < -0.4 is 10.9 Å². The molecule has 1 aromatic carbocycles. The fraction of sp³-hybridized carbons (Fsp3) is 0.238. The van der Waals surface area contributed by atoms with Gasteiger partial charge >= 0.3 is 0 Å². The summed E-state index contributed by atoms with van der Waals surface area (Å²) in [6.07, 6.45) is 3.96. The minimum absolute atomic E-state index is 0.200. The van der Waals surface area contributed by atoms with Crippen molar-refractivity contribution in [1.82, 2.24) is 24.5 Å². The van der Waals surface area contributed by atoms with Crippen molar-refractivity contribution in [2.24, 2.45) is 0 Å². The molecule has 10 heteroatoms. The Hall–Kier alpha value is -3.66. The highest BCUT2D eigenvalue weighted by atomic mass is 19.2. The first-order chi connectivity index (χ1) is 15.1. The molecule has 31 heavy (non-hydrogen) atoms. The number of nitrogens with one attached hydrogen (secondary N) is 2. The highest BCUT2D eigenvalue weighted by Gasteiger charge is 2.14. The molecule has 0 fully saturated rings. The predicted octanol–water partition coefficient (Wildman–Crippen LogP) is 2.76. The lowest BCUT2D eigenvalue weighted by Gasteiger charge is -2.13. The number of aromatic nitrogens is 5. The zero-order valence-corrected chi connectivity index (χ0v) is 16.7. The average Bonchev–Trinajstić information content (AvgIpc) is 3.29. The maximum atomic E-state index is 13.7. The second kappa shape index (κ2) is 9.00. The third-order valence-corrected chi connectivity index (χ3v) is 4.77. The van der Waals surface area contributed by atoms with Gasteiger partial charge in [-0.05, 0) is 30.3 Å². The number of ether oxygens (including phenoxy) is 1. The first-order valence-corrected chi connectivity index (χ1v) is 9.64. The molecular formula is C21H20F2N6O2. The van der Waals surface area contributed by atoms with E-state index in [0.29, 0.717) is 42.0 Å². The first kappa shape index (κ1) is 20.6. The number of imidazole rings is 1. The van der Waals surface area contributed by atoms with Gasteiger partial charge in [0.1, 0.15) is 5.52 Å². The highest BCUT2D eigenvalue weighted by molar-refractivity contribution is 5.76. The number of anilines is 1. The zero-order chi connectivity index (χ0) is 21.8. The molecule has 0 spiro atoms. The molecule has 2 N–H and O–H groups in total. The summed E-state index contributed by atoms with van der Waals surface area (Å²) >= 11 is 0. The van der Waals surface area contributed by atoms with Crippen LogP contribution >= 0.6 is 0 Å². The van der Waals surface area contributed by atoms with E-state index < -0.39 is 11.6 Å². The van der Waals surface area contributed by atoms with Crippen molar-refractivity contribution >= 4 is 17.0 Å². The summed E-state index contributed by atoms with van der Waals surface area (Å²) in [5.41, 5.74) is 2.22.